The van der Waals surface area contributed by atoms with Gasteiger partial charge >= 0.3 is 0 Å². The van der Waals surface area contributed by atoms with Gasteiger partial charge in [0.05, 0.1) is 39.7 Å². The number of nitrogens with zero attached hydrogens (tertiary/aromatic N) is 2. The Bertz CT molecular complexity index is 1360. The minimum atomic E-state index is -0.555. The molecular formula is C24H20ClN3O3S. The van der Waals surface area contributed by atoms with E-state index in [0.29, 0.717) is 38.2 Å². The molecule has 0 spiro atoms. The summed E-state index contributed by atoms with van der Waals surface area (Å²) in [6.45, 7) is 1.75. The first-order chi connectivity index (χ1) is 15.5. The van der Waals surface area contributed by atoms with Crippen molar-refractivity contribution in [2.45, 2.75) is 17.3 Å². The Hall–Kier alpha value is -3.29. The van der Waals surface area contributed by atoms with Crippen molar-refractivity contribution < 1.29 is 9.53 Å². The van der Waals surface area contributed by atoms with Crippen LogP contribution in [-0.4, -0.2) is 27.8 Å². The number of para-hydroxylation sites is 4. The van der Waals surface area contributed by atoms with Crippen LogP contribution in [-0.2, 0) is 4.79 Å². The summed E-state index contributed by atoms with van der Waals surface area (Å²) in [5, 5.41) is 3.60. The van der Waals surface area contributed by atoms with E-state index in [9.17, 15) is 9.59 Å². The lowest BCUT2D eigenvalue weighted by molar-refractivity contribution is -0.115. The average molecular weight is 466 g/mol. The van der Waals surface area contributed by atoms with Gasteiger partial charge in [-0.25, -0.2) is 4.98 Å². The normalized spacial score (nSPS) is 11.8. The summed E-state index contributed by atoms with van der Waals surface area (Å²) in [6, 6.07) is 21.4. The number of hydrogen-bond donors (Lipinski definition) is 1. The summed E-state index contributed by atoms with van der Waals surface area (Å²) in [7, 11) is 1.55. The maximum Gasteiger partial charge on any atom is 0.266 e. The number of ether oxygens (including phenoxy) is 1. The van der Waals surface area contributed by atoms with Gasteiger partial charge < -0.3 is 10.1 Å². The molecule has 1 aromatic heterocycles. The molecule has 8 heteroatoms. The number of aromatic nitrogens is 2. The molecule has 4 rings (SSSR count). The van der Waals surface area contributed by atoms with E-state index < -0.39 is 5.25 Å². The highest BCUT2D eigenvalue weighted by atomic mass is 35.5. The lowest BCUT2D eigenvalue weighted by Crippen LogP contribution is -2.26. The molecule has 1 N–H and O–H groups in total. The first-order valence-corrected chi connectivity index (χ1v) is 11.1. The number of fused-ring (bicyclic) bond motifs is 1. The summed E-state index contributed by atoms with van der Waals surface area (Å²) < 4.78 is 6.97. The molecule has 1 unspecified atom stereocenters. The number of anilines is 1. The fourth-order valence-electron chi connectivity index (χ4n) is 3.23. The Morgan fingerprint density at radius 1 is 1.06 bits per heavy atom. The molecule has 3 aromatic carbocycles. The number of hydrogen-bond acceptors (Lipinski definition) is 5. The highest BCUT2D eigenvalue weighted by Gasteiger charge is 2.22. The van der Waals surface area contributed by atoms with Crippen LogP contribution in [0.25, 0.3) is 16.6 Å². The van der Waals surface area contributed by atoms with Gasteiger partial charge in [-0.2, -0.15) is 0 Å². The molecule has 0 saturated carbocycles. The minimum Gasteiger partial charge on any atom is -0.495 e. The second-order valence-corrected chi connectivity index (χ2v) is 8.67. The van der Waals surface area contributed by atoms with E-state index in [2.05, 4.69) is 5.32 Å². The van der Waals surface area contributed by atoms with Crippen LogP contribution in [0.4, 0.5) is 5.69 Å². The average Bonchev–Trinajstić information content (AvgIpc) is 2.81. The number of benzene rings is 3. The smallest absolute Gasteiger partial charge is 0.266 e. The molecule has 1 heterocycles. The van der Waals surface area contributed by atoms with Crippen LogP contribution in [0.15, 0.2) is 82.7 Å². The third kappa shape index (κ3) is 4.35. The van der Waals surface area contributed by atoms with E-state index in [1.54, 1.807) is 68.6 Å². The van der Waals surface area contributed by atoms with Crippen LogP contribution in [0, 0.1) is 0 Å². The number of methoxy groups -OCH3 is 1. The molecule has 0 saturated heterocycles. The van der Waals surface area contributed by atoms with Crippen molar-refractivity contribution in [1.29, 1.82) is 0 Å². The van der Waals surface area contributed by atoms with E-state index in [4.69, 9.17) is 21.3 Å². The first-order valence-electron chi connectivity index (χ1n) is 9.87. The third-order valence-electron chi connectivity index (χ3n) is 4.85. The Labute approximate surface area is 194 Å². The predicted octanol–water partition coefficient (Wildman–Crippen LogP) is 5.17. The van der Waals surface area contributed by atoms with E-state index in [1.165, 1.54) is 16.3 Å². The van der Waals surface area contributed by atoms with Gasteiger partial charge in [-0.3, -0.25) is 14.2 Å². The first kappa shape index (κ1) is 21.9. The van der Waals surface area contributed by atoms with Gasteiger partial charge in [-0.1, -0.05) is 59.8 Å². The van der Waals surface area contributed by atoms with Crippen LogP contribution in [0.1, 0.15) is 6.92 Å². The Morgan fingerprint density at radius 2 is 1.75 bits per heavy atom. The van der Waals surface area contributed by atoms with Crippen LogP contribution < -0.4 is 15.6 Å². The van der Waals surface area contributed by atoms with Gasteiger partial charge in [0.1, 0.15) is 5.75 Å². The van der Waals surface area contributed by atoms with Crippen LogP contribution in [0.2, 0.25) is 5.02 Å². The van der Waals surface area contributed by atoms with E-state index in [0.717, 1.165) is 0 Å². The lowest BCUT2D eigenvalue weighted by Gasteiger charge is -2.18. The van der Waals surface area contributed by atoms with Crippen molar-refractivity contribution in [3.05, 3.63) is 88.2 Å². The number of rotatable bonds is 6. The summed E-state index contributed by atoms with van der Waals surface area (Å²) in [4.78, 5) is 31.0. The number of carbonyl (C=O) groups excluding carboxylic acids is 1. The number of halogens is 1. The molecule has 32 heavy (non-hydrogen) atoms. The number of nitrogens with one attached hydrogen (secondary N) is 1. The molecule has 0 fully saturated rings. The molecule has 0 radical (unpaired) electrons. The molecule has 6 nitrogen and oxygen atoms in total. The fraction of sp³-hybridized carbons (Fsp3) is 0.125. The van der Waals surface area contributed by atoms with Crippen LogP contribution in [0.5, 0.6) is 5.75 Å². The van der Waals surface area contributed by atoms with Crippen molar-refractivity contribution in [2.75, 3.05) is 12.4 Å². The van der Waals surface area contributed by atoms with E-state index >= 15 is 0 Å². The summed E-state index contributed by atoms with van der Waals surface area (Å²) >= 11 is 7.35. The monoisotopic (exact) mass is 465 g/mol. The second kappa shape index (κ2) is 9.46. The quantitative estimate of drug-likeness (QED) is 0.314. The van der Waals surface area contributed by atoms with Crippen molar-refractivity contribution in [3.63, 3.8) is 0 Å². The minimum absolute atomic E-state index is 0.235. The molecule has 1 atom stereocenters. The highest BCUT2D eigenvalue weighted by Crippen LogP contribution is 2.30. The maximum absolute atomic E-state index is 13.4. The molecular weight excluding hydrogens is 446 g/mol. The van der Waals surface area contributed by atoms with E-state index in [-0.39, 0.29) is 11.5 Å². The summed E-state index contributed by atoms with van der Waals surface area (Å²) in [5.74, 6) is 0.277. The van der Waals surface area contributed by atoms with Crippen LogP contribution in [0.3, 0.4) is 0 Å². The zero-order valence-electron chi connectivity index (χ0n) is 17.4. The third-order valence-corrected chi connectivity index (χ3v) is 6.24. The SMILES string of the molecule is COc1ccccc1-n1c(SC(C)C(=O)Nc2ccccc2Cl)nc2ccccc2c1=O. The lowest BCUT2D eigenvalue weighted by atomic mass is 10.2. The largest absolute Gasteiger partial charge is 0.495 e. The Balaban J connectivity index is 1.77. The van der Waals surface area contributed by atoms with Gasteiger partial charge in [0, 0.05) is 0 Å². The van der Waals surface area contributed by atoms with Gasteiger partial charge in [0.15, 0.2) is 5.16 Å². The second-order valence-electron chi connectivity index (χ2n) is 6.95. The highest BCUT2D eigenvalue weighted by molar-refractivity contribution is 8.00. The molecule has 4 aromatic rings. The van der Waals surface area contributed by atoms with Crippen molar-refractivity contribution in [1.82, 2.24) is 9.55 Å². The topological polar surface area (TPSA) is 73.2 Å². The van der Waals surface area contributed by atoms with Gasteiger partial charge in [-0.05, 0) is 43.3 Å². The van der Waals surface area contributed by atoms with E-state index in [1.807, 2.05) is 18.2 Å². The molecule has 162 valence electrons. The maximum atomic E-state index is 13.4. The fourth-order valence-corrected chi connectivity index (χ4v) is 4.33. The molecule has 0 aliphatic carbocycles. The van der Waals surface area contributed by atoms with Gasteiger partial charge in [0.2, 0.25) is 5.91 Å². The zero-order chi connectivity index (χ0) is 22.7. The molecule has 0 aliphatic rings. The van der Waals surface area contributed by atoms with Crippen molar-refractivity contribution >= 4 is 45.9 Å². The van der Waals surface area contributed by atoms with Crippen LogP contribution >= 0.6 is 23.4 Å². The zero-order valence-corrected chi connectivity index (χ0v) is 19.0. The predicted molar refractivity (Wildman–Crippen MR) is 129 cm³/mol. The molecule has 1 amide bonds. The molecule has 0 aliphatic heterocycles. The van der Waals surface area contributed by atoms with Gasteiger partial charge in [-0.15, -0.1) is 0 Å². The Morgan fingerprint density at radius 3 is 2.53 bits per heavy atom. The Kier molecular flexibility index (Phi) is 6.48. The number of thioether (sulfide) groups is 1. The van der Waals surface area contributed by atoms with Crippen molar-refractivity contribution in [2.24, 2.45) is 0 Å². The number of carbonyl (C=O) groups is 1. The standard InChI is InChI=1S/C24H20ClN3O3S/c1-15(22(29)26-19-12-6-4-10-17(19)25)32-24-27-18-11-5-3-9-16(18)23(30)28(24)20-13-7-8-14-21(20)31-2/h3-15H,1-2H3,(H,26,29). The summed E-state index contributed by atoms with van der Waals surface area (Å²) in [5.41, 5.74) is 1.41. The molecule has 0 bridgehead atoms. The van der Waals surface area contributed by atoms with Gasteiger partial charge in [0.25, 0.3) is 5.56 Å². The summed E-state index contributed by atoms with van der Waals surface area (Å²) in [6.07, 6.45) is 0. The number of amides is 1. The van der Waals surface area contributed by atoms with Crippen molar-refractivity contribution in [3.8, 4) is 11.4 Å².